The summed E-state index contributed by atoms with van der Waals surface area (Å²) in [6.07, 6.45) is 3.51. The van der Waals surface area contributed by atoms with Gasteiger partial charge in [-0.3, -0.25) is 0 Å². The van der Waals surface area contributed by atoms with Crippen LogP contribution in [-0.4, -0.2) is 53.2 Å². The van der Waals surface area contributed by atoms with Crippen LogP contribution in [0.3, 0.4) is 0 Å². The molecule has 1 aromatic carbocycles. The molecule has 0 bridgehead atoms. The molecule has 2 N–H and O–H groups in total. The molecule has 10 heteroatoms. The first kappa shape index (κ1) is 25.6. The zero-order valence-electron chi connectivity index (χ0n) is 19.4. The molecule has 0 amide bonds. The Bertz CT molecular complexity index is 1140. The number of alkyl halides is 2. The maximum absolute atomic E-state index is 13.2. The summed E-state index contributed by atoms with van der Waals surface area (Å²) in [5, 5.41) is 21.8. The van der Waals surface area contributed by atoms with Crippen LogP contribution in [0.5, 0.6) is 0 Å². The van der Waals surface area contributed by atoms with Crippen molar-refractivity contribution in [2.24, 2.45) is 4.99 Å². The van der Waals surface area contributed by atoms with Crippen LogP contribution < -0.4 is 0 Å². The molecule has 35 heavy (non-hydrogen) atoms. The Morgan fingerprint density at radius 3 is 2.60 bits per heavy atom. The molecular formula is C25H27ClF2N2O4S. The number of aliphatic imine (C=N–C) groups is 1. The fourth-order valence-corrected chi connectivity index (χ4v) is 5.29. The zero-order valence-corrected chi connectivity index (χ0v) is 21.0. The van der Waals surface area contributed by atoms with Crippen molar-refractivity contribution in [1.29, 1.82) is 0 Å². The fraction of sp³-hybridized carbons (Fsp3) is 0.400. The van der Waals surface area contributed by atoms with Crippen molar-refractivity contribution >= 4 is 35.0 Å². The summed E-state index contributed by atoms with van der Waals surface area (Å²) in [4.78, 5) is 7.82. The minimum atomic E-state index is -2.86. The van der Waals surface area contributed by atoms with E-state index in [1.807, 2.05) is 37.3 Å². The predicted octanol–water partition coefficient (Wildman–Crippen LogP) is 6.04. The molecule has 1 saturated carbocycles. The number of hydrogen-bond acceptors (Lipinski definition) is 7. The molecule has 2 aromatic rings. The van der Waals surface area contributed by atoms with Crippen LogP contribution in [0, 0.1) is 0 Å². The first-order valence-electron chi connectivity index (χ1n) is 11.2. The standard InChI is InChI=1S/C25H27ClF2N2O4S/c1-3-4-20(34-14-24(32)12-25(27,28)13-24)19(33-2)9-10-30-15-29-18-11-21(35-22(18)23(30)31)16-5-7-17(26)8-6-16/h4-9,11,15,23,31-32H,3,10,12-14H2,1-2H3/b19-9+,20-4+. The summed E-state index contributed by atoms with van der Waals surface area (Å²) in [5.74, 6) is -2.13. The minimum Gasteiger partial charge on any atom is -0.493 e. The molecule has 1 aromatic heterocycles. The molecule has 1 fully saturated rings. The van der Waals surface area contributed by atoms with Crippen LogP contribution in [0.25, 0.3) is 10.4 Å². The van der Waals surface area contributed by atoms with Crippen LogP contribution in [-0.2, 0) is 9.47 Å². The van der Waals surface area contributed by atoms with Gasteiger partial charge in [0.25, 0.3) is 5.92 Å². The Balaban J connectivity index is 1.44. The van der Waals surface area contributed by atoms with E-state index in [0.29, 0.717) is 28.6 Å². The number of fused-ring (bicyclic) bond motifs is 1. The number of aliphatic hydroxyl groups is 2. The highest BCUT2D eigenvalue weighted by atomic mass is 35.5. The van der Waals surface area contributed by atoms with Gasteiger partial charge in [0.2, 0.25) is 0 Å². The Morgan fingerprint density at radius 2 is 1.97 bits per heavy atom. The van der Waals surface area contributed by atoms with Crippen molar-refractivity contribution in [3.63, 3.8) is 0 Å². The number of allylic oxidation sites excluding steroid dienone is 1. The molecule has 4 rings (SSSR count). The summed E-state index contributed by atoms with van der Waals surface area (Å²) in [5.41, 5.74) is 0.143. The normalized spacial score (nSPS) is 20.9. The number of aliphatic hydroxyl groups excluding tert-OH is 1. The number of ether oxygens (including phenoxy) is 2. The maximum Gasteiger partial charge on any atom is 0.253 e. The van der Waals surface area contributed by atoms with Gasteiger partial charge in [0.05, 0.1) is 24.0 Å². The lowest BCUT2D eigenvalue weighted by Crippen LogP contribution is -2.54. The van der Waals surface area contributed by atoms with Crippen LogP contribution in [0.2, 0.25) is 5.02 Å². The minimum absolute atomic E-state index is 0.255. The third-order valence-corrected chi connectivity index (χ3v) is 7.24. The SMILES string of the molecule is CC/C=C(OCC1(O)CC(F)(F)C1)\C(=C/CN1C=Nc2cc(-c3ccc(Cl)cc3)sc2C1O)OC. The second-order valence-electron chi connectivity index (χ2n) is 8.65. The van der Waals surface area contributed by atoms with Crippen molar-refractivity contribution in [2.45, 2.75) is 43.9 Å². The molecule has 0 radical (unpaired) electrons. The second-order valence-corrected chi connectivity index (χ2v) is 10.2. The lowest BCUT2D eigenvalue weighted by atomic mass is 9.77. The molecule has 1 aliphatic heterocycles. The molecule has 2 heterocycles. The molecule has 1 aliphatic carbocycles. The van der Waals surface area contributed by atoms with Gasteiger partial charge in [0.15, 0.2) is 17.7 Å². The van der Waals surface area contributed by atoms with Gasteiger partial charge in [0.1, 0.15) is 12.2 Å². The van der Waals surface area contributed by atoms with Crippen molar-refractivity contribution in [2.75, 3.05) is 20.3 Å². The lowest BCUT2D eigenvalue weighted by Gasteiger charge is -2.42. The molecule has 0 saturated heterocycles. The average Bonchev–Trinajstić information content (AvgIpc) is 3.23. The predicted molar refractivity (Wildman–Crippen MR) is 133 cm³/mol. The van der Waals surface area contributed by atoms with Crippen LogP contribution >= 0.6 is 22.9 Å². The van der Waals surface area contributed by atoms with Gasteiger partial charge in [-0.1, -0.05) is 30.7 Å². The van der Waals surface area contributed by atoms with Gasteiger partial charge in [-0.05, 0) is 42.3 Å². The van der Waals surface area contributed by atoms with Crippen LogP contribution in [0.15, 0.2) is 59.0 Å². The monoisotopic (exact) mass is 524 g/mol. The Morgan fingerprint density at radius 1 is 1.26 bits per heavy atom. The largest absolute Gasteiger partial charge is 0.493 e. The van der Waals surface area contributed by atoms with Gasteiger partial charge >= 0.3 is 0 Å². The smallest absolute Gasteiger partial charge is 0.253 e. The summed E-state index contributed by atoms with van der Waals surface area (Å²) in [6, 6.07) is 9.41. The van der Waals surface area contributed by atoms with E-state index in [-0.39, 0.29) is 13.2 Å². The van der Waals surface area contributed by atoms with Crippen LogP contribution in [0.1, 0.15) is 37.3 Å². The molecule has 0 spiro atoms. The third-order valence-electron chi connectivity index (χ3n) is 5.77. The highest BCUT2D eigenvalue weighted by Crippen LogP contribution is 2.46. The zero-order chi connectivity index (χ0) is 25.2. The molecule has 188 valence electrons. The number of benzene rings is 1. The van der Waals surface area contributed by atoms with E-state index in [0.717, 1.165) is 15.3 Å². The summed E-state index contributed by atoms with van der Waals surface area (Å²) < 4.78 is 37.6. The maximum atomic E-state index is 13.2. The molecule has 1 atom stereocenters. The number of thiophene rings is 1. The van der Waals surface area contributed by atoms with Crippen molar-refractivity contribution in [3.8, 4) is 10.4 Å². The topological polar surface area (TPSA) is 74.5 Å². The van der Waals surface area contributed by atoms with Crippen molar-refractivity contribution < 1.29 is 28.5 Å². The van der Waals surface area contributed by atoms with E-state index < -0.39 is 30.6 Å². The van der Waals surface area contributed by atoms with E-state index in [4.69, 9.17) is 21.1 Å². The number of methoxy groups -OCH3 is 1. The van der Waals surface area contributed by atoms with Gasteiger partial charge < -0.3 is 24.6 Å². The van der Waals surface area contributed by atoms with E-state index in [1.54, 1.807) is 23.4 Å². The van der Waals surface area contributed by atoms with Gasteiger partial charge in [-0.25, -0.2) is 13.8 Å². The molecule has 2 aliphatic rings. The van der Waals surface area contributed by atoms with Gasteiger partial charge in [-0.2, -0.15) is 0 Å². The number of rotatable bonds is 9. The van der Waals surface area contributed by atoms with Crippen molar-refractivity contribution in [3.05, 3.63) is 63.9 Å². The van der Waals surface area contributed by atoms with E-state index >= 15 is 0 Å². The summed E-state index contributed by atoms with van der Waals surface area (Å²) in [6.45, 7) is 1.91. The fourth-order valence-electron chi connectivity index (χ4n) is 4.05. The van der Waals surface area contributed by atoms with E-state index in [9.17, 15) is 19.0 Å². The number of hydrogen-bond donors (Lipinski definition) is 2. The molecular weight excluding hydrogens is 498 g/mol. The van der Waals surface area contributed by atoms with Crippen LogP contribution in [0.4, 0.5) is 14.5 Å². The first-order valence-corrected chi connectivity index (χ1v) is 12.4. The Hall–Kier alpha value is -2.46. The second kappa shape index (κ2) is 10.3. The summed E-state index contributed by atoms with van der Waals surface area (Å²) >= 11 is 7.44. The third kappa shape index (κ3) is 5.86. The van der Waals surface area contributed by atoms with Crippen molar-refractivity contribution in [1.82, 2.24) is 4.90 Å². The molecule has 6 nitrogen and oxygen atoms in total. The highest BCUT2D eigenvalue weighted by Gasteiger charge is 2.56. The lowest BCUT2D eigenvalue weighted by molar-refractivity contribution is -0.220. The number of halogens is 3. The first-order chi connectivity index (χ1) is 16.6. The Kier molecular flexibility index (Phi) is 7.51. The summed E-state index contributed by atoms with van der Waals surface area (Å²) in [7, 11) is 1.47. The van der Waals surface area contributed by atoms with Gasteiger partial charge in [-0.15, -0.1) is 11.3 Å². The quantitative estimate of drug-likeness (QED) is 0.309. The average molecular weight is 525 g/mol. The molecule has 1 unspecified atom stereocenters. The van der Waals surface area contributed by atoms with E-state index in [2.05, 4.69) is 4.99 Å². The Labute approximate surface area is 211 Å². The number of nitrogens with zero attached hydrogens (tertiary/aromatic N) is 2. The van der Waals surface area contributed by atoms with E-state index in [1.165, 1.54) is 18.4 Å². The van der Waals surface area contributed by atoms with Gasteiger partial charge in [0, 0.05) is 29.3 Å². The highest BCUT2D eigenvalue weighted by molar-refractivity contribution is 7.16.